The van der Waals surface area contributed by atoms with E-state index in [9.17, 15) is 9.90 Å². The number of nitrogens with zero attached hydrogens (tertiary/aromatic N) is 1. The van der Waals surface area contributed by atoms with Gasteiger partial charge in [0.2, 0.25) is 0 Å². The van der Waals surface area contributed by atoms with Crippen LogP contribution >= 0.6 is 0 Å². The van der Waals surface area contributed by atoms with E-state index >= 15 is 0 Å². The van der Waals surface area contributed by atoms with Crippen LogP contribution in [0.4, 0.5) is 0 Å². The molecule has 1 heterocycles. The Balaban J connectivity index is 2.00. The van der Waals surface area contributed by atoms with Crippen molar-refractivity contribution in [2.45, 2.75) is 6.54 Å². The summed E-state index contributed by atoms with van der Waals surface area (Å²) in [6.07, 6.45) is 0. The van der Waals surface area contributed by atoms with Gasteiger partial charge in [0.25, 0.3) is 0 Å². The molecule has 6 nitrogen and oxygen atoms in total. The third-order valence-electron chi connectivity index (χ3n) is 4.65. The van der Waals surface area contributed by atoms with Crippen molar-refractivity contribution in [3.63, 3.8) is 0 Å². The molecule has 0 atom stereocenters. The predicted octanol–water partition coefficient (Wildman–Crippen LogP) is 3.26. The minimum atomic E-state index is -0.411. The van der Waals surface area contributed by atoms with Crippen LogP contribution in [0.15, 0.2) is 57.7 Å². The fourth-order valence-electron chi connectivity index (χ4n) is 3.19. The monoisotopic (exact) mass is 383 g/mol. The van der Waals surface area contributed by atoms with Crippen molar-refractivity contribution < 1.29 is 19.0 Å². The summed E-state index contributed by atoms with van der Waals surface area (Å²) in [5, 5.41) is 11.3. The predicted molar refractivity (Wildman–Crippen MR) is 109 cm³/mol. The second-order valence-electron chi connectivity index (χ2n) is 6.58. The first-order valence-electron chi connectivity index (χ1n) is 9.17. The molecule has 0 aliphatic carbocycles. The number of ether oxygens (including phenoxy) is 2. The van der Waals surface area contributed by atoms with E-state index in [-0.39, 0.29) is 5.75 Å². The maximum Gasteiger partial charge on any atom is 0.336 e. The number of benzene rings is 2. The number of hydrogen-bond acceptors (Lipinski definition) is 6. The minimum Gasteiger partial charge on any atom is -0.507 e. The number of hydrogen-bond donors (Lipinski definition) is 1. The molecule has 3 rings (SSSR count). The molecule has 0 radical (unpaired) electrons. The van der Waals surface area contributed by atoms with Gasteiger partial charge in [0.05, 0.1) is 13.2 Å². The average Bonchev–Trinajstić information content (AvgIpc) is 2.70. The standard InChI is InChI=1S/C22H25NO5/c1-26-10-8-23(9-11-27-2)15-17-12-22(25)28-21-14-18(20(24)13-19(17)21)16-6-4-3-5-7-16/h3-7,12-14,24H,8-11,15H2,1-2H3. The van der Waals surface area contributed by atoms with Crippen molar-refractivity contribution in [1.29, 1.82) is 0 Å². The van der Waals surface area contributed by atoms with Crippen LogP contribution in [0.3, 0.4) is 0 Å². The molecule has 28 heavy (non-hydrogen) atoms. The Kier molecular flexibility index (Phi) is 6.81. The molecule has 0 aliphatic heterocycles. The van der Waals surface area contributed by atoms with Crippen molar-refractivity contribution in [3.8, 4) is 16.9 Å². The lowest BCUT2D eigenvalue weighted by molar-refractivity contribution is 0.110. The van der Waals surface area contributed by atoms with E-state index in [1.807, 2.05) is 30.3 Å². The molecule has 0 amide bonds. The van der Waals surface area contributed by atoms with Gasteiger partial charge in [-0.15, -0.1) is 0 Å². The zero-order chi connectivity index (χ0) is 19.9. The van der Waals surface area contributed by atoms with Crippen LogP contribution in [0.2, 0.25) is 0 Å². The lowest BCUT2D eigenvalue weighted by Crippen LogP contribution is -2.30. The second-order valence-corrected chi connectivity index (χ2v) is 6.58. The Labute approximate surface area is 163 Å². The van der Waals surface area contributed by atoms with Gasteiger partial charge in [-0.25, -0.2) is 4.79 Å². The Morgan fingerprint density at radius 2 is 1.68 bits per heavy atom. The van der Waals surface area contributed by atoms with Crippen molar-refractivity contribution in [2.24, 2.45) is 0 Å². The van der Waals surface area contributed by atoms with Crippen LogP contribution in [0.25, 0.3) is 22.1 Å². The third-order valence-corrected chi connectivity index (χ3v) is 4.65. The molecular formula is C22H25NO5. The Bertz CT molecular complexity index is 960. The van der Waals surface area contributed by atoms with E-state index in [2.05, 4.69) is 4.90 Å². The summed E-state index contributed by atoms with van der Waals surface area (Å²) in [7, 11) is 3.31. The number of phenolic OH excluding ortho intramolecular Hbond substituents is 1. The maximum atomic E-state index is 12.1. The van der Waals surface area contributed by atoms with E-state index in [1.165, 1.54) is 6.07 Å². The van der Waals surface area contributed by atoms with Crippen LogP contribution in [0.1, 0.15) is 5.56 Å². The van der Waals surface area contributed by atoms with Gasteiger partial charge in [-0.2, -0.15) is 0 Å². The van der Waals surface area contributed by atoms with Gasteiger partial charge in [0.15, 0.2) is 0 Å². The molecule has 1 aromatic heterocycles. The van der Waals surface area contributed by atoms with Gasteiger partial charge >= 0.3 is 5.63 Å². The topological polar surface area (TPSA) is 72.1 Å². The number of methoxy groups -OCH3 is 2. The molecule has 6 heteroatoms. The molecule has 0 spiro atoms. The molecule has 0 bridgehead atoms. The average molecular weight is 383 g/mol. The van der Waals surface area contributed by atoms with E-state index in [0.29, 0.717) is 44.0 Å². The first kappa shape index (κ1) is 20.1. The normalized spacial score (nSPS) is 11.4. The highest BCUT2D eigenvalue weighted by Crippen LogP contribution is 2.34. The number of rotatable bonds is 9. The van der Waals surface area contributed by atoms with Crippen LogP contribution in [-0.2, 0) is 16.0 Å². The quantitative estimate of drug-likeness (QED) is 0.572. The Morgan fingerprint density at radius 3 is 2.32 bits per heavy atom. The van der Waals surface area contributed by atoms with E-state index in [1.54, 1.807) is 26.4 Å². The largest absolute Gasteiger partial charge is 0.507 e. The number of phenols is 1. The van der Waals surface area contributed by atoms with Crippen LogP contribution in [-0.4, -0.2) is 50.5 Å². The number of aromatic hydroxyl groups is 1. The Hall–Kier alpha value is -2.67. The summed E-state index contributed by atoms with van der Waals surface area (Å²) in [5.41, 5.74) is 2.33. The molecule has 0 aliphatic rings. The highest BCUT2D eigenvalue weighted by molar-refractivity contribution is 5.88. The minimum absolute atomic E-state index is 0.147. The van der Waals surface area contributed by atoms with Crippen LogP contribution in [0.5, 0.6) is 5.75 Å². The molecule has 0 saturated carbocycles. The lowest BCUT2D eigenvalue weighted by Gasteiger charge is -2.22. The van der Waals surface area contributed by atoms with Crippen molar-refractivity contribution in [3.05, 3.63) is 64.5 Å². The first-order valence-corrected chi connectivity index (χ1v) is 9.17. The third kappa shape index (κ3) is 4.78. The van der Waals surface area contributed by atoms with E-state index in [4.69, 9.17) is 13.9 Å². The summed E-state index contributed by atoms with van der Waals surface area (Å²) in [6, 6.07) is 14.4. The van der Waals surface area contributed by atoms with Gasteiger partial charge in [-0.05, 0) is 23.3 Å². The zero-order valence-corrected chi connectivity index (χ0v) is 16.2. The molecule has 148 valence electrons. The summed E-state index contributed by atoms with van der Waals surface area (Å²) in [6.45, 7) is 3.09. The van der Waals surface area contributed by atoms with Crippen LogP contribution < -0.4 is 5.63 Å². The van der Waals surface area contributed by atoms with Gasteiger partial charge in [-0.1, -0.05) is 30.3 Å². The van der Waals surface area contributed by atoms with Gasteiger partial charge in [0.1, 0.15) is 11.3 Å². The lowest BCUT2D eigenvalue weighted by atomic mass is 10.0. The maximum absolute atomic E-state index is 12.1. The molecule has 3 aromatic rings. The fourth-order valence-corrected chi connectivity index (χ4v) is 3.19. The van der Waals surface area contributed by atoms with E-state index < -0.39 is 5.63 Å². The van der Waals surface area contributed by atoms with Gasteiger partial charge in [-0.3, -0.25) is 4.90 Å². The van der Waals surface area contributed by atoms with Gasteiger partial charge in [0, 0.05) is 50.9 Å². The Morgan fingerprint density at radius 1 is 1.00 bits per heavy atom. The summed E-state index contributed by atoms with van der Waals surface area (Å²) in [5.74, 6) is 0.147. The number of fused-ring (bicyclic) bond motifs is 1. The first-order chi connectivity index (χ1) is 13.6. The smallest absolute Gasteiger partial charge is 0.336 e. The van der Waals surface area contributed by atoms with Crippen molar-refractivity contribution in [2.75, 3.05) is 40.5 Å². The summed E-state index contributed by atoms with van der Waals surface area (Å²) < 4.78 is 15.8. The molecule has 0 fully saturated rings. The molecule has 1 N–H and O–H groups in total. The highest BCUT2D eigenvalue weighted by atomic mass is 16.5. The molecular weight excluding hydrogens is 358 g/mol. The zero-order valence-electron chi connectivity index (χ0n) is 16.2. The van der Waals surface area contributed by atoms with Crippen molar-refractivity contribution in [1.82, 2.24) is 4.90 Å². The molecule has 0 unspecified atom stereocenters. The molecule has 2 aromatic carbocycles. The van der Waals surface area contributed by atoms with Crippen LogP contribution in [0, 0.1) is 0 Å². The van der Waals surface area contributed by atoms with Crippen molar-refractivity contribution >= 4 is 11.0 Å². The SMILES string of the molecule is COCCN(CCOC)Cc1cc(=O)oc2cc(-c3ccccc3)c(O)cc12. The van der Waals surface area contributed by atoms with E-state index in [0.717, 1.165) is 16.5 Å². The second kappa shape index (κ2) is 9.50. The molecule has 0 saturated heterocycles. The summed E-state index contributed by atoms with van der Waals surface area (Å²) in [4.78, 5) is 14.3. The summed E-state index contributed by atoms with van der Waals surface area (Å²) >= 11 is 0. The fraction of sp³-hybridized carbons (Fsp3) is 0.318. The highest BCUT2D eigenvalue weighted by Gasteiger charge is 2.14. The van der Waals surface area contributed by atoms with Gasteiger partial charge < -0.3 is 19.0 Å².